The lowest BCUT2D eigenvalue weighted by Crippen LogP contribution is -2.17. The second kappa shape index (κ2) is 5.62. The van der Waals surface area contributed by atoms with E-state index in [0.29, 0.717) is 6.04 Å². The molecule has 1 heterocycles. The van der Waals surface area contributed by atoms with E-state index in [0.717, 1.165) is 17.7 Å². The van der Waals surface area contributed by atoms with Gasteiger partial charge in [-0.2, -0.15) is 5.26 Å². The molecule has 86 valence electrons. The number of hydrogen-bond acceptors (Lipinski definition) is 3. The van der Waals surface area contributed by atoms with Gasteiger partial charge in [-0.05, 0) is 30.0 Å². The minimum atomic E-state index is 0.321. The minimum absolute atomic E-state index is 0.321. The molecule has 0 saturated heterocycles. The van der Waals surface area contributed by atoms with Gasteiger partial charge in [-0.15, -0.1) is 11.3 Å². The first-order chi connectivity index (χ1) is 8.31. The monoisotopic (exact) mass is 242 g/mol. The summed E-state index contributed by atoms with van der Waals surface area (Å²) in [5, 5.41) is 14.5. The van der Waals surface area contributed by atoms with Crippen molar-refractivity contribution in [2.45, 2.75) is 19.5 Å². The zero-order chi connectivity index (χ0) is 12.1. The Morgan fingerprint density at radius 2 is 2.12 bits per heavy atom. The van der Waals surface area contributed by atoms with E-state index >= 15 is 0 Å². The summed E-state index contributed by atoms with van der Waals surface area (Å²) in [6.07, 6.45) is 0. The second-order valence-corrected chi connectivity index (χ2v) is 4.87. The van der Waals surface area contributed by atoms with E-state index < -0.39 is 0 Å². The Labute approximate surface area is 106 Å². The summed E-state index contributed by atoms with van der Waals surface area (Å²) in [6, 6.07) is 14.4. The van der Waals surface area contributed by atoms with Crippen molar-refractivity contribution >= 4 is 11.3 Å². The van der Waals surface area contributed by atoms with E-state index in [1.807, 2.05) is 24.3 Å². The molecular weight excluding hydrogens is 228 g/mol. The van der Waals surface area contributed by atoms with Gasteiger partial charge >= 0.3 is 0 Å². The van der Waals surface area contributed by atoms with E-state index in [4.69, 9.17) is 5.26 Å². The van der Waals surface area contributed by atoms with Crippen molar-refractivity contribution in [2.24, 2.45) is 0 Å². The Morgan fingerprint density at radius 1 is 1.29 bits per heavy atom. The molecule has 17 heavy (non-hydrogen) atoms. The van der Waals surface area contributed by atoms with Gasteiger partial charge in [0.05, 0.1) is 11.6 Å². The lowest BCUT2D eigenvalue weighted by atomic mass is 10.1. The summed E-state index contributed by atoms with van der Waals surface area (Å²) in [5.74, 6) is 0. The Bertz CT molecular complexity index is 511. The van der Waals surface area contributed by atoms with Crippen LogP contribution >= 0.6 is 11.3 Å². The highest BCUT2D eigenvalue weighted by atomic mass is 32.1. The maximum atomic E-state index is 8.99. The fraction of sp³-hybridized carbons (Fsp3) is 0.214. The molecule has 1 atom stereocenters. The SMILES string of the molecule is C[C@H](NCc1ccccc1C#N)c1cccs1. The summed E-state index contributed by atoms with van der Waals surface area (Å²) in [7, 11) is 0. The summed E-state index contributed by atoms with van der Waals surface area (Å²) in [6.45, 7) is 2.86. The van der Waals surface area contributed by atoms with Gasteiger partial charge in [-0.25, -0.2) is 0 Å². The zero-order valence-electron chi connectivity index (χ0n) is 9.68. The fourth-order valence-corrected chi connectivity index (χ4v) is 2.44. The van der Waals surface area contributed by atoms with Gasteiger partial charge in [0.2, 0.25) is 0 Å². The Balaban J connectivity index is 2.01. The van der Waals surface area contributed by atoms with Crippen LogP contribution in [0, 0.1) is 11.3 Å². The highest BCUT2D eigenvalue weighted by Crippen LogP contribution is 2.19. The predicted molar refractivity (Wildman–Crippen MR) is 70.7 cm³/mol. The molecule has 0 amide bonds. The van der Waals surface area contributed by atoms with Gasteiger partial charge in [0.15, 0.2) is 0 Å². The highest BCUT2D eigenvalue weighted by molar-refractivity contribution is 7.10. The molecule has 0 fully saturated rings. The molecule has 3 heteroatoms. The van der Waals surface area contributed by atoms with Gasteiger partial charge < -0.3 is 5.32 Å². The van der Waals surface area contributed by atoms with Crippen molar-refractivity contribution in [1.29, 1.82) is 5.26 Å². The van der Waals surface area contributed by atoms with Crippen molar-refractivity contribution in [1.82, 2.24) is 5.32 Å². The topological polar surface area (TPSA) is 35.8 Å². The van der Waals surface area contributed by atoms with Crippen LogP contribution in [0.4, 0.5) is 0 Å². The first-order valence-electron chi connectivity index (χ1n) is 5.56. The van der Waals surface area contributed by atoms with Gasteiger partial charge in [-0.3, -0.25) is 0 Å². The third-order valence-corrected chi connectivity index (χ3v) is 3.76. The van der Waals surface area contributed by atoms with Gasteiger partial charge in [0.1, 0.15) is 0 Å². The van der Waals surface area contributed by atoms with E-state index in [9.17, 15) is 0 Å². The third-order valence-electron chi connectivity index (χ3n) is 2.71. The van der Waals surface area contributed by atoms with Gasteiger partial charge in [0.25, 0.3) is 0 Å². The van der Waals surface area contributed by atoms with E-state index in [1.165, 1.54) is 4.88 Å². The van der Waals surface area contributed by atoms with Crippen LogP contribution in [0.5, 0.6) is 0 Å². The number of nitrogens with zero attached hydrogens (tertiary/aromatic N) is 1. The van der Waals surface area contributed by atoms with Crippen LogP contribution in [0.3, 0.4) is 0 Å². The maximum Gasteiger partial charge on any atom is 0.0995 e. The maximum absolute atomic E-state index is 8.99. The quantitative estimate of drug-likeness (QED) is 0.891. The van der Waals surface area contributed by atoms with E-state index in [2.05, 4.69) is 35.8 Å². The molecule has 1 aromatic heterocycles. The largest absolute Gasteiger partial charge is 0.305 e. The summed E-state index contributed by atoms with van der Waals surface area (Å²) < 4.78 is 0. The fourth-order valence-electron chi connectivity index (χ4n) is 1.68. The molecular formula is C14H14N2S. The molecule has 0 radical (unpaired) electrons. The summed E-state index contributed by atoms with van der Waals surface area (Å²) in [4.78, 5) is 1.32. The number of nitriles is 1. The molecule has 0 unspecified atom stereocenters. The van der Waals surface area contributed by atoms with E-state index in [1.54, 1.807) is 11.3 Å². The molecule has 0 aliphatic rings. The van der Waals surface area contributed by atoms with Crippen molar-refractivity contribution in [3.05, 3.63) is 57.8 Å². The van der Waals surface area contributed by atoms with Crippen molar-refractivity contribution in [3.8, 4) is 6.07 Å². The lowest BCUT2D eigenvalue weighted by molar-refractivity contribution is 0.582. The molecule has 0 aliphatic carbocycles. The second-order valence-electron chi connectivity index (χ2n) is 3.89. The molecule has 0 bridgehead atoms. The molecule has 0 aliphatic heterocycles. The number of hydrogen-bond donors (Lipinski definition) is 1. The van der Waals surface area contributed by atoms with Crippen LogP contribution in [0.15, 0.2) is 41.8 Å². The van der Waals surface area contributed by atoms with Crippen LogP contribution in [0.25, 0.3) is 0 Å². The average Bonchev–Trinajstić information content (AvgIpc) is 2.90. The summed E-state index contributed by atoms with van der Waals surface area (Å²) in [5.41, 5.74) is 1.80. The van der Waals surface area contributed by atoms with Crippen molar-refractivity contribution < 1.29 is 0 Å². The normalized spacial score (nSPS) is 12.0. The van der Waals surface area contributed by atoms with Crippen molar-refractivity contribution in [3.63, 3.8) is 0 Å². The lowest BCUT2D eigenvalue weighted by Gasteiger charge is -2.12. The Morgan fingerprint density at radius 3 is 2.82 bits per heavy atom. The standard InChI is InChI=1S/C14H14N2S/c1-11(14-7-4-8-17-14)16-10-13-6-3-2-5-12(13)9-15/h2-8,11,16H,10H2,1H3/t11-/m0/s1. The number of rotatable bonds is 4. The van der Waals surface area contributed by atoms with Crippen LogP contribution in [0.1, 0.15) is 29.0 Å². The smallest absolute Gasteiger partial charge is 0.0995 e. The van der Waals surface area contributed by atoms with Crippen LogP contribution in [0.2, 0.25) is 0 Å². The molecule has 2 nitrogen and oxygen atoms in total. The van der Waals surface area contributed by atoms with Crippen LogP contribution < -0.4 is 5.32 Å². The molecule has 1 aromatic carbocycles. The van der Waals surface area contributed by atoms with Gasteiger partial charge in [-0.1, -0.05) is 24.3 Å². The van der Waals surface area contributed by atoms with Crippen LogP contribution in [-0.2, 0) is 6.54 Å². The first-order valence-corrected chi connectivity index (χ1v) is 6.44. The third kappa shape index (κ3) is 2.94. The molecule has 2 rings (SSSR count). The Kier molecular flexibility index (Phi) is 3.92. The number of thiophene rings is 1. The highest BCUT2D eigenvalue weighted by Gasteiger charge is 2.07. The van der Waals surface area contributed by atoms with Gasteiger partial charge in [0, 0.05) is 17.5 Å². The molecule has 2 aromatic rings. The van der Waals surface area contributed by atoms with Crippen molar-refractivity contribution in [2.75, 3.05) is 0 Å². The molecule has 0 saturated carbocycles. The van der Waals surface area contributed by atoms with E-state index in [-0.39, 0.29) is 0 Å². The Hall–Kier alpha value is -1.63. The molecule has 1 N–H and O–H groups in total. The minimum Gasteiger partial charge on any atom is -0.305 e. The average molecular weight is 242 g/mol. The number of benzene rings is 1. The first kappa shape index (κ1) is 11.8. The predicted octanol–water partition coefficient (Wildman–Crippen LogP) is 3.47. The van der Waals surface area contributed by atoms with Crippen LogP contribution in [-0.4, -0.2) is 0 Å². The summed E-state index contributed by atoms with van der Waals surface area (Å²) >= 11 is 1.75. The molecule has 0 spiro atoms. The number of nitrogens with one attached hydrogen (secondary N) is 1. The zero-order valence-corrected chi connectivity index (χ0v) is 10.5.